The van der Waals surface area contributed by atoms with Crippen molar-refractivity contribution in [3.05, 3.63) is 52.4 Å². The molecule has 0 saturated carbocycles. The maximum Gasteiger partial charge on any atom is 0.420 e. The predicted octanol–water partition coefficient (Wildman–Crippen LogP) is 4.51. The number of hydrogen-bond donors (Lipinski definition) is 0. The Morgan fingerprint density at radius 3 is 2.62 bits per heavy atom. The summed E-state index contributed by atoms with van der Waals surface area (Å²) in [5.74, 6) is 0.286. The first-order valence-electron chi connectivity index (χ1n) is 6.05. The molecule has 0 saturated heterocycles. The van der Waals surface area contributed by atoms with Gasteiger partial charge in [-0.25, -0.2) is 9.97 Å². The number of aromatic nitrogens is 3. The third kappa shape index (κ3) is 2.42. The first-order valence-corrected chi connectivity index (χ1v) is 6.84. The molecule has 0 atom stereocenters. The SMILES string of the molecule is Cc1nc2ccccc2n1-c1ncc(Br)cc1C(F)(F)F. The molecule has 2 aromatic heterocycles. The second kappa shape index (κ2) is 4.84. The van der Waals surface area contributed by atoms with Crippen molar-refractivity contribution in [1.29, 1.82) is 0 Å². The fourth-order valence-electron chi connectivity index (χ4n) is 2.23. The van der Waals surface area contributed by atoms with Gasteiger partial charge in [0.2, 0.25) is 0 Å². The van der Waals surface area contributed by atoms with Gasteiger partial charge in [0.15, 0.2) is 5.82 Å². The number of benzene rings is 1. The van der Waals surface area contributed by atoms with Crippen LogP contribution in [0.1, 0.15) is 11.4 Å². The van der Waals surface area contributed by atoms with E-state index in [4.69, 9.17) is 0 Å². The number of para-hydroxylation sites is 2. The normalized spacial score (nSPS) is 12.0. The highest BCUT2D eigenvalue weighted by Crippen LogP contribution is 2.35. The van der Waals surface area contributed by atoms with Gasteiger partial charge in [-0.3, -0.25) is 4.57 Å². The molecule has 21 heavy (non-hydrogen) atoms. The molecule has 2 heterocycles. The number of halogens is 4. The van der Waals surface area contributed by atoms with E-state index in [0.29, 0.717) is 16.9 Å². The van der Waals surface area contributed by atoms with E-state index in [-0.39, 0.29) is 10.3 Å². The van der Waals surface area contributed by atoms with Gasteiger partial charge in [-0.15, -0.1) is 0 Å². The lowest BCUT2D eigenvalue weighted by Gasteiger charge is -2.14. The van der Waals surface area contributed by atoms with Gasteiger partial charge in [-0.1, -0.05) is 12.1 Å². The van der Waals surface area contributed by atoms with Crippen molar-refractivity contribution in [3.63, 3.8) is 0 Å². The van der Waals surface area contributed by atoms with Gasteiger partial charge in [0.1, 0.15) is 5.82 Å². The number of rotatable bonds is 1. The quantitative estimate of drug-likeness (QED) is 0.642. The fourth-order valence-corrected chi connectivity index (χ4v) is 2.56. The highest BCUT2D eigenvalue weighted by Gasteiger charge is 2.35. The van der Waals surface area contributed by atoms with Crippen LogP contribution < -0.4 is 0 Å². The zero-order valence-corrected chi connectivity index (χ0v) is 12.4. The molecule has 3 nitrogen and oxygen atoms in total. The Morgan fingerprint density at radius 1 is 1.19 bits per heavy atom. The van der Waals surface area contributed by atoms with Gasteiger partial charge >= 0.3 is 6.18 Å². The molecule has 3 rings (SSSR count). The zero-order valence-electron chi connectivity index (χ0n) is 10.8. The summed E-state index contributed by atoms with van der Waals surface area (Å²) in [6, 6.07) is 8.05. The maximum absolute atomic E-state index is 13.3. The number of nitrogens with zero attached hydrogens (tertiary/aromatic N) is 3. The fraction of sp³-hybridized carbons (Fsp3) is 0.143. The van der Waals surface area contributed by atoms with Crippen LogP contribution in [0.2, 0.25) is 0 Å². The largest absolute Gasteiger partial charge is 0.420 e. The van der Waals surface area contributed by atoms with Crippen LogP contribution in [0.4, 0.5) is 13.2 Å². The highest BCUT2D eigenvalue weighted by atomic mass is 79.9. The second-order valence-corrected chi connectivity index (χ2v) is 5.42. The van der Waals surface area contributed by atoms with Crippen LogP contribution >= 0.6 is 15.9 Å². The van der Waals surface area contributed by atoms with Gasteiger partial charge in [-0.2, -0.15) is 13.2 Å². The Labute approximate surface area is 126 Å². The van der Waals surface area contributed by atoms with E-state index in [1.165, 1.54) is 10.8 Å². The number of hydrogen-bond acceptors (Lipinski definition) is 2. The third-order valence-corrected chi connectivity index (χ3v) is 3.51. The summed E-state index contributed by atoms with van der Waals surface area (Å²) in [6.45, 7) is 1.66. The summed E-state index contributed by atoms with van der Waals surface area (Å²) in [6.07, 6.45) is -3.15. The van der Waals surface area contributed by atoms with E-state index in [9.17, 15) is 13.2 Å². The average molecular weight is 356 g/mol. The molecule has 0 N–H and O–H groups in total. The molecule has 0 radical (unpaired) electrons. The van der Waals surface area contributed by atoms with Crippen molar-refractivity contribution < 1.29 is 13.2 Å². The Kier molecular flexibility index (Phi) is 3.24. The van der Waals surface area contributed by atoms with Crippen molar-refractivity contribution in [3.8, 4) is 5.82 Å². The molecule has 108 valence electrons. The van der Waals surface area contributed by atoms with Crippen LogP contribution in [0.15, 0.2) is 41.0 Å². The van der Waals surface area contributed by atoms with Gasteiger partial charge in [0.05, 0.1) is 16.6 Å². The van der Waals surface area contributed by atoms with Crippen molar-refractivity contribution in [2.75, 3.05) is 0 Å². The minimum Gasteiger partial charge on any atom is -0.280 e. The molecule has 0 bridgehead atoms. The summed E-state index contributed by atoms with van der Waals surface area (Å²) >= 11 is 3.03. The smallest absolute Gasteiger partial charge is 0.280 e. The molecule has 0 spiro atoms. The van der Waals surface area contributed by atoms with E-state index in [1.54, 1.807) is 31.2 Å². The Bertz CT molecular complexity index is 824. The Morgan fingerprint density at radius 2 is 1.90 bits per heavy atom. The predicted molar refractivity (Wildman–Crippen MR) is 76.3 cm³/mol. The van der Waals surface area contributed by atoms with Gasteiger partial charge in [-0.05, 0) is 41.1 Å². The molecule has 0 aliphatic carbocycles. The number of aryl methyl sites for hydroxylation is 1. The van der Waals surface area contributed by atoms with Crippen LogP contribution in [0.3, 0.4) is 0 Å². The van der Waals surface area contributed by atoms with Crippen molar-refractivity contribution >= 4 is 27.0 Å². The molecule has 1 aromatic carbocycles. The molecule has 0 amide bonds. The van der Waals surface area contributed by atoms with Crippen molar-refractivity contribution in [2.24, 2.45) is 0 Å². The maximum atomic E-state index is 13.3. The topological polar surface area (TPSA) is 30.7 Å². The molecule has 0 aliphatic rings. The summed E-state index contributed by atoms with van der Waals surface area (Å²) < 4.78 is 41.5. The molecule has 3 aromatic rings. The van der Waals surface area contributed by atoms with Gasteiger partial charge in [0, 0.05) is 10.7 Å². The molecule has 7 heteroatoms. The number of imidazole rings is 1. The number of pyridine rings is 1. The summed E-state index contributed by atoms with van der Waals surface area (Å²) in [5, 5.41) is 0. The van der Waals surface area contributed by atoms with E-state index in [1.807, 2.05) is 0 Å². The minimum absolute atomic E-state index is 0.170. The summed E-state index contributed by atoms with van der Waals surface area (Å²) in [4.78, 5) is 8.23. The van der Waals surface area contributed by atoms with E-state index in [2.05, 4.69) is 25.9 Å². The van der Waals surface area contributed by atoms with E-state index in [0.717, 1.165) is 6.07 Å². The van der Waals surface area contributed by atoms with Crippen molar-refractivity contribution in [1.82, 2.24) is 14.5 Å². The highest BCUT2D eigenvalue weighted by molar-refractivity contribution is 9.10. The second-order valence-electron chi connectivity index (χ2n) is 4.51. The summed E-state index contributed by atoms with van der Waals surface area (Å²) in [7, 11) is 0. The van der Waals surface area contributed by atoms with Crippen LogP contribution in [-0.4, -0.2) is 14.5 Å². The standard InChI is InChI=1S/C14H9BrF3N3/c1-8-20-11-4-2-3-5-12(11)21(8)13-10(14(16,17)18)6-9(15)7-19-13/h2-7H,1H3. The van der Waals surface area contributed by atoms with E-state index >= 15 is 0 Å². The van der Waals surface area contributed by atoms with Gasteiger partial charge in [0.25, 0.3) is 0 Å². The first-order chi connectivity index (χ1) is 9.88. The van der Waals surface area contributed by atoms with Crippen LogP contribution in [0.25, 0.3) is 16.9 Å². The molecule has 0 unspecified atom stereocenters. The lowest BCUT2D eigenvalue weighted by molar-refractivity contribution is -0.137. The van der Waals surface area contributed by atoms with Crippen LogP contribution in [-0.2, 0) is 6.18 Å². The first kappa shape index (κ1) is 14.1. The van der Waals surface area contributed by atoms with Gasteiger partial charge < -0.3 is 0 Å². The van der Waals surface area contributed by atoms with E-state index < -0.39 is 11.7 Å². The molecule has 0 aliphatic heterocycles. The number of alkyl halides is 3. The Hall–Kier alpha value is -1.89. The average Bonchev–Trinajstić information content (AvgIpc) is 2.74. The molecular formula is C14H9BrF3N3. The monoisotopic (exact) mass is 355 g/mol. The van der Waals surface area contributed by atoms with Crippen LogP contribution in [0, 0.1) is 6.92 Å². The molecule has 0 fully saturated rings. The number of fused-ring (bicyclic) bond motifs is 1. The Balaban J connectivity index is 2.36. The van der Waals surface area contributed by atoms with Crippen molar-refractivity contribution in [2.45, 2.75) is 13.1 Å². The molecular weight excluding hydrogens is 347 g/mol. The zero-order chi connectivity index (χ0) is 15.2. The minimum atomic E-state index is -4.50. The lowest BCUT2D eigenvalue weighted by Crippen LogP contribution is -2.13. The lowest BCUT2D eigenvalue weighted by atomic mass is 10.2. The summed E-state index contributed by atoms with van der Waals surface area (Å²) in [5.41, 5.74) is 0.422. The van der Waals surface area contributed by atoms with Crippen LogP contribution in [0.5, 0.6) is 0 Å². The third-order valence-electron chi connectivity index (χ3n) is 3.08.